The van der Waals surface area contributed by atoms with Gasteiger partial charge in [-0.15, -0.1) is 11.3 Å². The maximum atomic E-state index is 12.5. The highest BCUT2D eigenvalue weighted by Gasteiger charge is 2.19. The summed E-state index contributed by atoms with van der Waals surface area (Å²) in [6, 6.07) is 14.6. The van der Waals surface area contributed by atoms with Crippen LogP contribution in [0.25, 0.3) is 0 Å². The van der Waals surface area contributed by atoms with Crippen LogP contribution in [0.3, 0.4) is 0 Å². The van der Waals surface area contributed by atoms with E-state index in [1.807, 2.05) is 0 Å². The van der Waals surface area contributed by atoms with Crippen molar-refractivity contribution in [1.29, 1.82) is 0 Å². The molecular formula is C20H19N3O5S2. The van der Waals surface area contributed by atoms with Crippen LogP contribution in [0.2, 0.25) is 0 Å². The highest BCUT2D eigenvalue weighted by atomic mass is 32.2. The zero-order valence-corrected chi connectivity index (χ0v) is 17.8. The lowest BCUT2D eigenvalue weighted by atomic mass is 10.2. The first-order chi connectivity index (χ1) is 14.4. The minimum atomic E-state index is -3.78. The molecule has 0 atom stereocenters. The van der Waals surface area contributed by atoms with E-state index < -0.39 is 15.9 Å². The Morgan fingerprint density at radius 3 is 2.50 bits per heavy atom. The second-order valence-corrected chi connectivity index (χ2v) is 8.75. The van der Waals surface area contributed by atoms with Crippen LogP contribution in [0.5, 0.6) is 11.5 Å². The summed E-state index contributed by atoms with van der Waals surface area (Å²) in [7, 11) is -0.719. The lowest BCUT2D eigenvalue weighted by molar-refractivity contribution is 0.0956. The highest BCUT2D eigenvalue weighted by Crippen LogP contribution is 2.27. The lowest BCUT2D eigenvalue weighted by Gasteiger charge is -2.10. The fourth-order valence-electron chi connectivity index (χ4n) is 2.54. The van der Waals surface area contributed by atoms with Gasteiger partial charge >= 0.3 is 0 Å². The molecule has 1 aromatic heterocycles. The molecule has 2 N–H and O–H groups in total. The van der Waals surface area contributed by atoms with Crippen molar-refractivity contribution in [3.8, 4) is 11.5 Å². The Morgan fingerprint density at radius 2 is 1.80 bits per heavy atom. The van der Waals surface area contributed by atoms with Gasteiger partial charge in [0.2, 0.25) is 0 Å². The predicted molar refractivity (Wildman–Crippen MR) is 116 cm³/mol. The summed E-state index contributed by atoms with van der Waals surface area (Å²) >= 11 is 1.09. The summed E-state index contributed by atoms with van der Waals surface area (Å²) in [6.45, 7) is 0. The molecule has 0 bridgehead atoms. The number of para-hydroxylation sites is 1. The Bertz CT molecular complexity index is 1160. The van der Waals surface area contributed by atoms with Crippen LogP contribution in [-0.2, 0) is 10.0 Å². The molecule has 1 heterocycles. The lowest BCUT2D eigenvalue weighted by Crippen LogP contribution is -2.21. The van der Waals surface area contributed by atoms with Crippen LogP contribution in [0.15, 0.2) is 69.3 Å². The molecule has 0 aliphatic rings. The van der Waals surface area contributed by atoms with Crippen LogP contribution in [0.4, 0.5) is 5.69 Å². The van der Waals surface area contributed by atoms with Crippen molar-refractivity contribution in [2.45, 2.75) is 4.21 Å². The summed E-state index contributed by atoms with van der Waals surface area (Å²) in [5.74, 6) is 0.544. The van der Waals surface area contributed by atoms with E-state index in [-0.39, 0.29) is 15.5 Å². The third kappa shape index (κ3) is 4.97. The van der Waals surface area contributed by atoms with Crippen LogP contribution < -0.4 is 19.6 Å². The molecule has 10 heteroatoms. The minimum absolute atomic E-state index is 0.141. The Morgan fingerprint density at radius 1 is 1.03 bits per heavy atom. The van der Waals surface area contributed by atoms with Crippen molar-refractivity contribution in [3.63, 3.8) is 0 Å². The molecule has 30 heavy (non-hydrogen) atoms. The van der Waals surface area contributed by atoms with Crippen molar-refractivity contribution < 1.29 is 22.7 Å². The minimum Gasteiger partial charge on any atom is -0.493 e. The maximum Gasteiger partial charge on any atom is 0.273 e. The van der Waals surface area contributed by atoms with Crippen LogP contribution >= 0.6 is 11.3 Å². The number of thiophene rings is 1. The standard InChI is InChI=1S/C20H19N3O5S2/c1-27-17-10-9-14(12-18(17)28-2)13-21-22-20(24)15-6-3-4-7-16(15)23-30(25,26)19-8-5-11-29-19/h3-13,23H,1-2H3,(H,22,24)/b21-13+. The van der Waals surface area contributed by atoms with E-state index in [4.69, 9.17) is 9.47 Å². The van der Waals surface area contributed by atoms with E-state index >= 15 is 0 Å². The molecule has 156 valence electrons. The number of carbonyl (C=O) groups is 1. The topological polar surface area (TPSA) is 106 Å². The number of nitrogens with zero attached hydrogens (tertiary/aromatic N) is 1. The van der Waals surface area contributed by atoms with Crippen LogP contribution in [0, 0.1) is 0 Å². The van der Waals surface area contributed by atoms with E-state index in [2.05, 4.69) is 15.2 Å². The fraction of sp³-hybridized carbons (Fsp3) is 0.100. The van der Waals surface area contributed by atoms with Gasteiger partial charge in [-0.25, -0.2) is 13.8 Å². The third-order valence-corrected chi connectivity index (χ3v) is 6.73. The summed E-state index contributed by atoms with van der Waals surface area (Å²) in [4.78, 5) is 12.5. The predicted octanol–water partition coefficient (Wildman–Crippen LogP) is 3.33. The van der Waals surface area contributed by atoms with Crippen LogP contribution in [-0.4, -0.2) is 34.8 Å². The van der Waals surface area contributed by atoms with Gasteiger partial charge in [0.25, 0.3) is 15.9 Å². The number of hydrazone groups is 1. The van der Waals surface area contributed by atoms with Crippen LogP contribution in [0.1, 0.15) is 15.9 Å². The van der Waals surface area contributed by atoms with E-state index in [0.29, 0.717) is 17.1 Å². The SMILES string of the molecule is COc1ccc(/C=N/NC(=O)c2ccccc2NS(=O)(=O)c2cccs2)cc1OC. The van der Waals surface area contributed by atoms with Crippen molar-refractivity contribution in [2.75, 3.05) is 18.9 Å². The average molecular weight is 446 g/mol. The number of ether oxygens (including phenoxy) is 2. The van der Waals surface area contributed by atoms with Gasteiger partial charge in [-0.2, -0.15) is 5.10 Å². The van der Waals surface area contributed by atoms with Gasteiger partial charge in [-0.05, 0) is 47.3 Å². The molecule has 0 saturated carbocycles. The zero-order chi connectivity index (χ0) is 21.6. The van der Waals surface area contributed by atoms with E-state index in [1.165, 1.54) is 38.6 Å². The normalized spacial score (nSPS) is 11.3. The number of hydrogen-bond acceptors (Lipinski definition) is 7. The molecular weight excluding hydrogens is 426 g/mol. The number of carbonyl (C=O) groups excluding carboxylic acids is 1. The van der Waals surface area contributed by atoms with Gasteiger partial charge in [-0.3, -0.25) is 9.52 Å². The number of nitrogens with one attached hydrogen (secondary N) is 2. The number of rotatable bonds is 8. The first-order valence-electron chi connectivity index (χ1n) is 8.65. The van der Waals surface area contributed by atoms with Crippen molar-refractivity contribution >= 4 is 39.2 Å². The van der Waals surface area contributed by atoms with Crippen molar-refractivity contribution in [2.24, 2.45) is 5.10 Å². The Balaban J connectivity index is 1.74. The Kier molecular flexibility index (Phi) is 6.70. The van der Waals surface area contributed by atoms with Gasteiger partial charge in [-0.1, -0.05) is 18.2 Å². The first kappa shape index (κ1) is 21.3. The Hall–Kier alpha value is -3.37. The summed E-state index contributed by atoms with van der Waals surface area (Å²) < 4.78 is 37.9. The second-order valence-electron chi connectivity index (χ2n) is 5.90. The van der Waals surface area contributed by atoms with E-state index in [1.54, 1.807) is 41.8 Å². The number of methoxy groups -OCH3 is 2. The molecule has 0 unspecified atom stereocenters. The van der Waals surface area contributed by atoms with E-state index in [9.17, 15) is 13.2 Å². The van der Waals surface area contributed by atoms with Gasteiger partial charge in [0.1, 0.15) is 4.21 Å². The molecule has 0 radical (unpaired) electrons. The molecule has 1 amide bonds. The molecule has 0 spiro atoms. The summed E-state index contributed by atoms with van der Waals surface area (Å²) in [5.41, 5.74) is 3.38. The van der Waals surface area contributed by atoms with E-state index in [0.717, 1.165) is 11.3 Å². The number of amides is 1. The number of anilines is 1. The average Bonchev–Trinajstić information content (AvgIpc) is 3.29. The smallest absolute Gasteiger partial charge is 0.273 e. The number of benzene rings is 2. The summed E-state index contributed by atoms with van der Waals surface area (Å²) in [5, 5.41) is 5.60. The number of hydrogen-bond donors (Lipinski definition) is 2. The van der Waals surface area contributed by atoms with Gasteiger partial charge < -0.3 is 9.47 Å². The molecule has 0 saturated heterocycles. The molecule has 0 fully saturated rings. The quantitative estimate of drug-likeness (QED) is 0.409. The fourth-order valence-corrected chi connectivity index (χ4v) is 4.61. The van der Waals surface area contributed by atoms with Gasteiger partial charge in [0.15, 0.2) is 11.5 Å². The van der Waals surface area contributed by atoms with Crippen molar-refractivity contribution in [3.05, 3.63) is 71.1 Å². The summed E-state index contributed by atoms with van der Waals surface area (Å²) in [6.07, 6.45) is 1.44. The zero-order valence-electron chi connectivity index (χ0n) is 16.2. The largest absolute Gasteiger partial charge is 0.493 e. The monoisotopic (exact) mass is 445 g/mol. The number of sulfonamides is 1. The first-order valence-corrected chi connectivity index (χ1v) is 11.0. The molecule has 2 aromatic carbocycles. The molecule has 0 aliphatic heterocycles. The highest BCUT2D eigenvalue weighted by molar-refractivity contribution is 7.94. The van der Waals surface area contributed by atoms with Gasteiger partial charge in [0.05, 0.1) is 31.7 Å². The third-order valence-electron chi connectivity index (χ3n) is 3.96. The molecule has 3 rings (SSSR count). The van der Waals surface area contributed by atoms with Crippen molar-refractivity contribution in [1.82, 2.24) is 5.43 Å². The Labute approximate surface area is 178 Å². The molecule has 8 nitrogen and oxygen atoms in total. The van der Waals surface area contributed by atoms with Gasteiger partial charge in [0, 0.05) is 0 Å². The maximum absolute atomic E-state index is 12.5. The molecule has 3 aromatic rings. The molecule has 0 aliphatic carbocycles. The second kappa shape index (κ2) is 9.42.